The topological polar surface area (TPSA) is 66.9 Å². The molecule has 0 bridgehead atoms. The van der Waals surface area contributed by atoms with Gasteiger partial charge in [0, 0.05) is 24.0 Å². The van der Waals surface area contributed by atoms with Crippen molar-refractivity contribution in [2.75, 3.05) is 17.2 Å². The molecule has 0 spiro atoms. The summed E-state index contributed by atoms with van der Waals surface area (Å²) in [6, 6.07) is 19.4. The molecule has 0 saturated carbocycles. The summed E-state index contributed by atoms with van der Waals surface area (Å²) in [5, 5.41) is 6.44. The van der Waals surface area contributed by atoms with Gasteiger partial charge in [-0.1, -0.05) is 42.5 Å². The van der Waals surface area contributed by atoms with Crippen molar-refractivity contribution < 1.29 is 4.79 Å². The van der Waals surface area contributed by atoms with Crippen LogP contribution in [0.15, 0.2) is 66.9 Å². The van der Waals surface area contributed by atoms with E-state index in [9.17, 15) is 4.79 Å². The minimum Gasteiger partial charge on any atom is -0.354 e. The number of hydrogen-bond donors (Lipinski definition) is 2. The Labute approximate surface area is 147 Å². The Bertz CT molecular complexity index is 849. The standard InChI is InChI=1S/C20H20N4O/c1-15(25)17-8-5-9-18(14-17)23-19-11-13-22-20(24-19)21-12-10-16-6-3-2-4-7-16/h2-9,11,13-14H,10,12H2,1H3,(H2,21,22,23,24). The minimum absolute atomic E-state index is 0.0367. The van der Waals surface area contributed by atoms with Crippen molar-refractivity contribution in [3.8, 4) is 0 Å². The number of anilines is 3. The fraction of sp³-hybridized carbons (Fsp3) is 0.150. The Hall–Kier alpha value is -3.21. The Morgan fingerprint density at radius 3 is 2.68 bits per heavy atom. The molecule has 1 heterocycles. The van der Waals surface area contributed by atoms with Gasteiger partial charge in [0.05, 0.1) is 0 Å². The van der Waals surface area contributed by atoms with Gasteiger partial charge in [0.1, 0.15) is 5.82 Å². The second kappa shape index (κ2) is 8.06. The summed E-state index contributed by atoms with van der Waals surface area (Å²) in [5.74, 6) is 1.29. The molecule has 2 aromatic carbocycles. The number of nitrogens with zero attached hydrogens (tertiary/aromatic N) is 2. The molecule has 3 rings (SSSR count). The van der Waals surface area contributed by atoms with E-state index in [4.69, 9.17) is 0 Å². The normalized spacial score (nSPS) is 10.3. The third-order valence-electron chi connectivity index (χ3n) is 3.74. The van der Waals surface area contributed by atoms with Crippen LogP contribution in [0.1, 0.15) is 22.8 Å². The van der Waals surface area contributed by atoms with Gasteiger partial charge in [-0.25, -0.2) is 4.98 Å². The van der Waals surface area contributed by atoms with Crippen molar-refractivity contribution in [3.63, 3.8) is 0 Å². The predicted octanol–water partition coefficient (Wildman–Crippen LogP) is 4.08. The molecule has 0 aliphatic heterocycles. The van der Waals surface area contributed by atoms with Crippen LogP contribution >= 0.6 is 0 Å². The molecule has 2 N–H and O–H groups in total. The van der Waals surface area contributed by atoms with E-state index >= 15 is 0 Å². The zero-order valence-electron chi connectivity index (χ0n) is 14.1. The molecular formula is C20H20N4O. The van der Waals surface area contributed by atoms with Crippen molar-refractivity contribution in [2.24, 2.45) is 0 Å². The van der Waals surface area contributed by atoms with Crippen LogP contribution in [-0.2, 0) is 6.42 Å². The van der Waals surface area contributed by atoms with E-state index in [-0.39, 0.29) is 5.78 Å². The zero-order chi connectivity index (χ0) is 17.5. The van der Waals surface area contributed by atoms with Crippen LogP contribution in [0.4, 0.5) is 17.5 Å². The number of Topliss-reactive ketones (excluding diaryl/α,β-unsaturated/α-hetero) is 1. The number of carbonyl (C=O) groups is 1. The molecular weight excluding hydrogens is 312 g/mol. The number of benzene rings is 2. The summed E-state index contributed by atoms with van der Waals surface area (Å²) < 4.78 is 0. The van der Waals surface area contributed by atoms with Crippen molar-refractivity contribution >= 4 is 23.2 Å². The molecule has 0 unspecified atom stereocenters. The predicted molar refractivity (Wildman–Crippen MR) is 100 cm³/mol. The molecule has 0 aliphatic carbocycles. The first-order valence-corrected chi connectivity index (χ1v) is 8.19. The van der Waals surface area contributed by atoms with E-state index in [0.29, 0.717) is 17.3 Å². The molecule has 1 aromatic heterocycles. The molecule has 3 aromatic rings. The van der Waals surface area contributed by atoms with Gasteiger partial charge in [-0.05, 0) is 37.1 Å². The zero-order valence-corrected chi connectivity index (χ0v) is 14.1. The first-order chi connectivity index (χ1) is 12.2. The average Bonchev–Trinajstić information content (AvgIpc) is 2.63. The third-order valence-corrected chi connectivity index (χ3v) is 3.74. The highest BCUT2D eigenvalue weighted by Gasteiger charge is 2.03. The number of aromatic nitrogens is 2. The lowest BCUT2D eigenvalue weighted by atomic mass is 10.1. The molecule has 0 fully saturated rings. The SMILES string of the molecule is CC(=O)c1cccc(Nc2ccnc(NCCc3ccccc3)n2)c1. The van der Waals surface area contributed by atoms with Gasteiger partial charge in [0.25, 0.3) is 0 Å². The van der Waals surface area contributed by atoms with Gasteiger partial charge >= 0.3 is 0 Å². The molecule has 0 aliphatic rings. The van der Waals surface area contributed by atoms with Crippen molar-refractivity contribution in [3.05, 3.63) is 78.0 Å². The molecule has 126 valence electrons. The second-order valence-corrected chi connectivity index (χ2v) is 5.69. The van der Waals surface area contributed by atoms with Gasteiger partial charge in [0.15, 0.2) is 5.78 Å². The first-order valence-electron chi connectivity index (χ1n) is 8.19. The van der Waals surface area contributed by atoms with E-state index in [1.807, 2.05) is 36.4 Å². The average molecular weight is 332 g/mol. The van der Waals surface area contributed by atoms with Crippen molar-refractivity contribution in [2.45, 2.75) is 13.3 Å². The number of hydrogen-bond acceptors (Lipinski definition) is 5. The van der Waals surface area contributed by atoms with E-state index in [2.05, 4.69) is 32.7 Å². The Morgan fingerprint density at radius 1 is 1.04 bits per heavy atom. The summed E-state index contributed by atoms with van der Waals surface area (Å²) >= 11 is 0. The molecule has 0 saturated heterocycles. The van der Waals surface area contributed by atoms with Gasteiger partial charge in [-0.3, -0.25) is 4.79 Å². The van der Waals surface area contributed by atoms with Crippen LogP contribution in [0, 0.1) is 0 Å². The largest absolute Gasteiger partial charge is 0.354 e. The number of nitrogens with one attached hydrogen (secondary N) is 2. The van der Waals surface area contributed by atoms with E-state index in [0.717, 1.165) is 18.7 Å². The molecule has 0 radical (unpaired) electrons. The molecule has 5 nitrogen and oxygen atoms in total. The lowest BCUT2D eigenvalue weighted by molar-refractivity contribution is 0.101. The van der Waals surface area contributed by atoms with Gasteiger partial charge in [-0.15, -0.1) is 0 Å². The first kappa shape index (κ1) is 16.6. The molecule has 25 heavy (non-hydrogen) atoms. The third kappa shape index (κ3) is 4.88. The monoisotopic (exact) mass is 332 g/mol. The van der Waals surface area contributed by atoms with Crippen LogP contribution in [0.2, 0.25) is 0 Å². The highest BCUT2D eigenvalue weighted by atomic mass is 16.1. The van der Waals surface area contributed by atoms with Gasteiger partial charge < -0.3 is 10.6 Å². The number of ketones is 1. The fourth-order valence-electron chi connectivity index (χ4n) is 2.44. The van der Waals surface area contributed by atoms with Crippen LogP contribution < -0.4 is 10.6 Å². The van der Waals surface area contributed by atoms with Crippen LogP contribution in [0.25, 0.3) is 0 Å². The Balaban J connectivity index is 1.61. The second-order valence-electron chi connectivity index (χ2n) is 5.69. The summed E-state index contributed by atoms with van der Waals surface area (Å²) in [6.45, 7) is 2.31. The maximum Gasteiger partial charge on any atom is 0.224 e. The van der Waals surface area contributed by atoms with Crippen LogP contribution in [-0.4, -0.2) is 22.3 Å². The maximum absolute atomic E-state index is 11.5. The minimum atomic E-state index is 0.0367. The smallest absolute Gasteiger partial charge is 0.224 e. The van der Waals surface area contributed by atoms with Gasteiger partial charge in [-0.2, -0.15) is 4.98 Å². The lowest BCUT2D eigenvalue weighted by Crippen LogP contribution is -2.08. The van der Waals surface area contributed by atoms with E-state index in [1.54, 1.807) is 25.3 Å². The summed E-state index contributed by atoms with van der Waals surface area (Å²) in [7, 11) is 0. The molecule has 0 amide bonds. The van der Waals surface area contributed by atoms with E-state index < -0.39 is 0 Å². The Kier molecular flexibility index (Phi) is 5.36. The van der Waals surface area contributed by atoms with Gasteiger partial charge in [0.2, 0.25) is 5.95 Å². The van der Waals surface area contributed by atoms with E-state index in [1.165, 1.54) is 5.56 Å². The summed E-state index contributed by atoms with van der Waals surface area (Å²) in [4.78, 5) is 20.2. The lowest BCUT2D eigenvalue weighted by Gasteiger charge is -2.09. The quantitative estimate of drug-likeness (QED) is 0.638. The maximum atomic E-state index is 11.5. The molecule has 0 atom stereocenters. The number of rotatable bonds is 7. The highest BCUT2D eigenvalue weighted by molar-refractivity contribution is 5.95. The van der Waals surface area contributed by atoms with Crippen LogP contribution in [0.5, 0.6) is 0 Å². The molecule has 5 heteroatoms. The van der Waals surface area contributed by atoms with Crippen molar-refractivity contribution in [1.82, 2.24) is 9.97 Å². The summed E-state index contributed by atoms with van der Waals surface area (Å²) in [6.07, 6.45) is 2.61. The number of carbonyl (C=O) groups excluding carboxylic acids is 1. The highest BCUT2D eigenvalue weighted by Crippen LogP contribution is 2.17. The van der Waals surface area contributed by atoms with Crippen molar-refractivity contribution in [1.29, 1.82) is 0 Å². The van der Waals surface area contributed by atoms with Crippen LogP contribution in [0.3, 0.4) is 0 Å². The Morgan fingerprint density at radius 2 is 1.88 bits per heavy atom. The fourth-order valence-corrected chi connectivity index (χ4v) is 2.44. The summed E-state index contributed by atoms with van der Waals surface area (Å²) in [5.41, 5.74) is 2.76.